The first-order valence-corrected chi connectivity index (χ1v) is 7.00. The highest BCUT2D eigenvalue weighted by Crippen LogP contribution is 2.14. The minimum absolute atomic E-state index is 0. The maximum absolute atomic E-state index is 12.3. The third-order valence-electron chi connectivity index (χ3n) is 4.07. The Morgan fingerprint density at radius 3 is 2.57 bits per heavy atom. The lowest BCUT2D eigenvalue weighted by Crippen LogP contribution is -3.00. The van der Waals surface area contributed by atoms with E-state index in [1.165, 1.54) is 17.1 Å². The fraction of sp³-hybridized carbons (Fsp3) is 0.294. The van der Waals surface area contributed by atoms with Gasteiger partial charge in [0, 0.05) is 18.2 Å². The number of fused-ring (bicyclic) bond motifs is 1. The molecule has 0 atom stereocenters. The Kier molecular flexibility index (Phi) is 4.63. The molecule has 0 bridgehead atoms. The monoisotopic (exact) mass is 302 g/mol. The highest BCUT2D eigenvalue weighted by Gasteiger charge is 2.25. The lowest BCUT2D eigenvalue weighted by molar-refractivity contribution is -0.518. The molecule has 4 heteroatoms. The Hall–Kier alpha value is -1.87. The number of nitrogens with zero attached hydrogens (tertiary/aromatic N) is 2. The van der Waals surface area contributed by atoms with Gasteiger partial charge in [0.15, 0.2) is 12.3 Å². The Balaban J connectivity index is 0.00000161. The van der Waals surface area contributed by atoms with Gasteiger partial charge in [0.25, 0.3) is 0 Å². The number of Topliss-reactive ketones (excluding diaryl/α,β-unsaturated/α-hetero) is 1. The Morgan fingerprint density at radius 1 is 1.14 bits per heavy atom. The molecule has 1 aliphatic heterocycles. The average Bonchev–Trinajstić information content (AvgIpc) is 2.85. The summed E-state index contributed by atoms with van der Waals surface area (Å²) in [6.07, 6.45) is 0. The van der Waals surface area contributed by atoms with E-state index >= 15 is 0 Å². The van der Waals surface area contributed by atoms with Gasteiger partial charge in [-0.1, -0.05) is 30.3 Å². The highest BCUT2D eigenvalue weighted by molar-refractivity contribution is 5.99. The number of hydrogen-bond donors (Lipinski definition) is 0. The third kappa shape index (κ3) is 2.93. The van der Waals surface area contributed by atoms with Gasteiger partial charge in [0.1, 0.15) is 5.69 Å². The smallest absolute Gasteiger partial charge is 0.227 e. The van der Waals surface area contributed by atoms with E-state index < -0.39 is 0 Å². The van der Waals surface area contributed by atoms with Crippen LogP contribution in [-0.4, -0.2) is 33.7 Å². The van der Waals surface area contributed by atoms with E-state index in [-0.39, 0.29) is 18.2 Å². The summed E-state index contributed by atoms with van der Waals surface area (Å²) in [5.41, 5.74) is 4.49. The number of benzene rings is 1. The first-order chi connectivity index (χ1) is 9.66. The van der Waals surface area contributed by atoms with Crippen LogP contribution in [0.2, 0.25) is 0 Å². The van der Waals surface area contributed by atoms with Crippen molar-refractivity contribution in [2.75, 3.05) is 13.1 Å². The van der Waals surface area contributed by atoms with Crippen molar-refractivity contribution >= 4 is 11.5 Å². The number of aromatic nitrogens is 1. The number of aryl methyl sites for hydroxylation is 1. The molecule has 21 heavy (non-hydrogen) atoms. The van der Waals surface area contributed by atoms with Crippen molar-refractivity contribution in [2.24, 2.45) is 0 Å². The van der Waals surface area contributed by atoms with E-state index in [4.69, 9.17) is 0 Å². The lowest BCUT2D eigenvalue weighted by Gasteiger charge is -2.17. The van der Waals surface area contributed by atoms with Gasteiger partial charge in [-0.3, -0.25) is 4.79 Å². The van der Waals surface area contributed by atoms with Gasteiger partial charge in [0.2, 0.25) is 12.3 Å². The van der Waals surface area contributed by atoms with E-state index in [1.807, 2.05) is 30.3 Å². The van der Waals surface area contributed by atoms with Gasteiger partial charge in [-0.15, -0.1) is 0 Å². The van der Waals surface area contributed by atoms with Crippen LogP contribution >= 0.6 is 0 Å². The van der Waals surface area contributed by atoms with E-state index in [0.29, 0.717) is 6.54 Å². The topological polar surface area (TPSA) is 25.0 Å². The largest absolute Gasteiger partial charge is 1.00 e. The minimum Gasteiger partial charge on any atom is -1.00 e. The van der Waals surface area contributed by atoms with Crippen molar-refractivity contribution in [1.82, 2.24) is 4.57 Å². The fourth-order valence-electron chi connectivity index (χ4n) is 2.82. The van der Waals surface area contributed by atoms with Crippen LogP contribution in [0.1, 0.15) is 28.7 Å². The van der Waals surface area contributed by atoms with Crippen LogP contribution in [0.25, 0.3) is 0 Å². The molecule has 0 N–H and O–H groups in total. The number of ketones is 1. The maximum Gasteiger partial charge on any atom is 0.227 e. The summed E-state index contributed by atoms with van der Waals surface area (Å²) >= 11 is 0. The quantitative estimate of drug-likeness (QED) is 0.555. The maximum atomic E-state index is 12.3. The van der Waals surface area contributed by atoms with Crippen LogP contribution in [-0.2, 0) is 6.54 Å². The molecule has 0 amide bonds. The molecule has 2 aromatic rings. The molecule has 2 heterocycles. The zero-order valence-corrected chi connectivity index (χ0v) is 13.1. The normalized spacial score (nSPS) is 13.6. The number of carbonyl (C=O) groups excluding carboxylic acids is 1. The Labute approximate surface area is 131 Å². The molecule has 1 aromatic carbocycles. The molecule has 1 aromatic heterocycles. The summed E-state index contributed by atoms with van der Waals surface area (Å²) in [6.45, 7) is 6.53. The van der Waals surface area contributed by atoms with Gasteiger partial charge < -0.3 is 17.0 Å². The van der Waals surface area contributed by atoms with Crippen LogP contribution in [0, 0.1) is 6.92 Å². The molecule has 0 aliphatic carbocycles. The standard InChI is InChI=1S/C17H19N2O.ClH/c1-13-8-9-16-14(2)18(10-11-19(13)16)12-17(20)15-6-4-3-5-7-15;/h3-9H,10-12H2,1-2H3;1H/q+1;/p-1. The molecule has 0 fully saturated rings. The van der Waals surface area contributed by atoms with Crippen molar-refractivity contribution in [2.45, 2.75) is 20.4 Å². The summed E-state index contributed by atoms with van der Waals surface area (Å²) in [6, 6.07) is 13.8. The molecular weight excluding hydrogens is 284 g/mol. The van der Waals surface area contributed by atoms with Gasteiger partial charge in [-0.05, 0) is 19.1 Å². The van der Waals surface area contributed by atoms with Crippen molar-refractivity contribution < 1.29 is 21.8 Å². The SMILES string of the molecule is CC1=[N+](CC(=O)c2ccccc2)CCn2c(C)ccc21.[Cl-]. The summed E-state index contributed by atoms with van der Waals surface area (Å²) < 4.78 is 4.50. The van der Waals surface area contributed by atoms with Crippen LogP contribution < -0.4 is 12.4 Å². The molecule has 1 aliphatic rings. The fourth-order valence-corrected chi connectivity index (χ4v) is 2.82. The molecule has 0 unspecified atom stereocenters. The van der Waals surface area contributed by atoms with Gasteiger partial charge in [0.05, 0.1) is 6.54 Å². The summed E-state index contributed by atoms with van der Waals surface area (Å²) in [7, 11) is 0. The number of carbonyl (C=O) groups is 1. The van der Waals surface area contributed by atoms with Crippen molar-refractivity contribution in [3.8, 4) is 0 Å². The summed E-state index contributed by atoms with van der Waals surface area (Å²) in [4.78, 5) is 12.3. The van der Waals surface area contributed by atoms with E-state index in [0.717, 1.165) is 18.7 Å². The van der Waals surface area contributed by atoms with Crippen LogP contribution in [0.4, 0.5) is 0 Å². The molecule has 3 rings (SSSR count). The second kappa shape index (κ2) is 6.27. The Morgan fingerprint density at radius 2 is 1.86 bits per heavy atom. The zero-order valence-electron chi connectivity index (χ0n) is 12.3. The van der Waals surface area contributed by atoms with E-state index in [2.05, 4.69) is 35.1 Å². The van der Waals surface area contributed by atoms with Crippen molar-refractivity contribution in [3.05, 3.63) is 59.4 Å². The van der Waals surface area contributed by atoms with E-state index in [9.17, 15) is 4.79 Å². The summed E-state index contributed by atoms with van der Waals surface area (Å²) in [5, 5.41) is 0. The summed E-state index contributed by atoms with van der Waals surface area (Å²) in [5.74, 6) is 0.182. The minimum atomic E-state index is 0. The highest BCUT2D eigenvalue weighted by atomic mass is 35.5. The number of halogens is 1. The molecule has 0 radical (unpaired) electrons. The predicted molar refractivity (Wildman–Crippen MR) is 79.7 cm³/mol. The second-order valence-electron chi connectivity index (χ2n) is 5.31. The first-order valence-electron chi connectivity index (χ1n) is 7.00. The molecule has 3 nitrogen and oxygen atoms in total. The predicted octanol–water partition coefficient (Wildman–Crippen LogP) is -0.481. The molecule has 0 saturated carbocycles. The van der Waals surface area contributed by atoms with Gasteiger partial charge in [-0.25, -0.2) is 4.58 Å². The lowest BCUT2D eigenvalue weighted by atomic mass is 10.1. The van der Waals surface area contributed by atoms with Crippen LogP contribution in [0.5, 0.6) is 0 Å². The van der Waals surface area contributed by atoms with Gasteiger partial charge >= 0.3 is 0 Å². The second-order valence-corrected chi connectivity index (χ2v) is 5.31. The van der Waals surface area contributed by atoms with E-state index in [1.54, 1.807) is 0 Å². The third-order valence-corrected chi connectivity index (χ3v) is 4.07. The molecule has 0 saturated heterocycles. The van der Waals surface area contributed by atoms with Crippen molar-refractivity contribution in [1.29, 1.82) is 0 Å². The molecule has 0 spiro atoms. The van der Waals surface area contributed by atoms with Crippen LogP contribution in [0.15, 0.2) is 42.5 Å². The number of rotatable bonds is 3. The molecular formula is C17H19ClN2O. The molecule has 110 valence electrons. The number of hydrogen-bond acceptors (Lipinski definition) is 1. The van der Waals surface area contributed by atoms with Crippen molar-refractivity contribution in [3.63, 3.8) is 0 Å². The van der Waals surface area contributed by atoms with Gasteiger partial charge in [-0.2, -0.15) is 0 Å². The average molecular weight is 303 g/mol. The zero-order chi connectivity index (χ0) is 14.1. The first kappa shape index (κ1) is 15.5. The van der Waals surface area contributed by atoms with Crippen LogP contribution in [0.3, 0.4) is 0 Å². The Bertz CT molecular complexity index is 686.